The van der Waals surface area contributed by atoms with Gasteiger partial charge < -0.3 is 15.3 Å². The number of hydrogen-bond donors (Lipinski definition) is 2. The number of nitrogens with one attached hydrogen (secondary N) is 1. The second-order valence-electron chi connectivity index (χ2n) is 7.83. The maximum absolute atomic E-state index is 9.82. The van der Waals surface area contributed by atoms with Crippen LogP contribution in [0, 0.1) is 5.41 Å². The van der Waals surface area contributed by atoms with Gasteiger partial charge in [0.05, 0.1) is 6.61 Å². The Morgan fingerprint density at radius 2 is 1.90 bits per heavy atom. The molecule has 2 N–H and O–H groups in total. The first-order valence-corrected chi connectivity index (χ1v) is 8.55. The second kappa shape index (κ2) is 6.33. The minimum Gasteiger partial charge on any atom is -0.394 e. The molecule has 1 aliphatic heterocycles. The highest BCUT2D eigenvalue weighted by molar-refractivity contribution is 5.01. The van der Waals surface area contributed by atoms with Gasteiger partial charge >= 0.3 is 0 Å². The third-order valence-corrected chi connectivity index (χ3v) is 5.86. The fraction of sp³-hybridized carbons (Fsp3) is 1.00. The van der Waals surface area contributed by atoms with Gasteiger partial charge in [-0.25, -0.2) is 0 Å². The van der Waals surface area contributed by atoms with E-state index < -0.39 is 0 Å². The Balaban J connectivity index is 1.90. The molecular formula is C17H34N2O. The van der Waals surface area contributed by atoms with Crippen LogP contribution in [0.15, 0.2) is 0 Å². The minimum absolute atomic E-state index is 0.0235. The molecule has 3 nitrogen and oxygen atoms in total. The molecule has 0 amide bonds. The number of aliphatic hydroxyl groups is 1. The Morgan fingerprint density at radius 3 is 2.40 bits per heavy atom. The lowest BCUT2D eigenvalue weighted by molar-refractivity contribution is 0.0739. The molecule has 0 aromatic carbocycles. The molecule has 2 unspecified atom stereocenters. The van der Waals surface area contributed by atoms with Crippen molar-refractivity contribution >= 4 is 0 Å². The van der Waals surface area contributed by atoms with E-state index in [0.717, 1.165) is 12.8 Å². The molecule has 1 saturated carbocycles. The van der Waals surface area contributed by atoms with Crippen LogP contribution >= 0.6 is 0 Å². The molecule has 1 aliphatic carbocycles. The van der Waals surface area contributed by atoms with Crippen LogP contribution in [0.5, 0.6) is 0 Å². The summed E-state index contributed by atoms with van der Waals surface area (Å²) in [6, 6.07) is 1.13. The van der Waals surface area contributed by atoms with Gasteiger partial charge in [0.2, 0.25) is 0 Å². The van der Waals surface area contributed by atoms with Crippen molar-refractivity contribution in [2.75, 3.05) is 19.7 Å². The Labute approximate surface area is 125 Å². The van der Waals surface area contributed by atoms with Crippen molar-refractivity contribution in [3.8, 4) is 0 Å². The molecule has 0 aromatic rings. The molecule has 0 bridgehead atoms. The predicted molar refractivity (Wildman–Crippen MR) is 84.9 cm³/mol. The number of nitrogens with zero attached hydrogens (tertiary/aromatic N) is 1. The summed E-state index contributed by atoms with van der Waals surface area (Å²) in [4.78, 5) is 2.69. The van der Waals surface area contributed by atoms with Crippen molar-refractivity contribution in [1.82, 2.24) is 10.2 Å². The van der Waals surface area contributed by atoms with Gasteiger partial charge in [0.25, 0.3) is 0 Å². The fourth-order valence-electron chi connectivity index (χ4n) is 4.13. The minimum atomic E-state index is -0.0235. The molecule has 2 rings (SSSR count). The molecule has 3 heteroatoms. The van der Waals surface area contributed by atoms with Crippen LogP contribution in [0.25, 0.3) is 0 Å². The van der Waals surface area contributed by atoms with Crippen LogP contribution in [-0.2, 0) is 0 Å². The SMILES string of the molecule is CCC1(C)CCN(C2CCC(CO)(NC(C)C)C2)CC1. The summed E-state index contributed by atoms with van der Waals surface area (Å²) in [5, 5.41) is 13.4. The van der Waals surface area contributed by atoms with E-state index in [-0.39, 0.29) is 12.1 Å². The molecule has 118 valence electrons. The fourth-order valence-corrected chi connectivity index (χ4v) is 4.13. The topological polar surface area (TPSA) is 35.5 Å². The molecular weight excluding hydrogens is 248 g/mol. The smallest absolute Gasteiger partial charge is 0.0614 e. The average molecular weight is 282 g/mol. The van der Waals surface area contributed by atoms with Gasteiger partial charge in [-0.3, -0.25) is 0 Å². The van der Waals surface area contributed by atoms with E-state index in [1.807, 2.05) is 0 Å². The Hall–Kier alpha value is -0.120. The molecule has 2 aliphatic rings. The van der Waals surface area contributed by atoms with Crippen molar-refractivity contribution in [3.05, 3.63) is 0 Å². The van der Waals surface area contributed by atoms with Gasteiger partial charge in [0.15, 0.2) is 0 Å². The maximum Gasteiger partial charge on any atom is 0.0614 e. The molecule has 1 heterocycles. The number of aliphatic hydroxyl groups excluding tert-OH is 1. The summed E-state index contributed by atoms with van der Waals surface area (Å²) in [5.41, 5.74) is 0.545. The van der Waals surface area contributed by atoms with Crippen molar-refractivity contribution in [1.29, 1.82) is 0 Å². The average Bonchev–Trinajstić information content (AvgIpc) is 2.83. The third kappa shape index (κ3) is 3.55. The van der Waals surface area contributed by atoms with E-state index in [4.69, 9.17) is 0 Å². The molecule has 20 heavy (non-hydrogen) atoms. The second-order valence-corrected chi connectivity index (χ2v) is 7.83. The first kappa shape index (κ1) is 16.3. The Kier molecular flexibility index (Phi) is 5.14. The van der Waals surface area contributed by atoms with E-state index in [1.54, 1.807) is 0 Å². The molecule has 0 spiro atoms. The van der Waals surface area contributed by atoms with Gasteiger partial charge in [-0.2, -0.15) is 0 Å². The zero-order valence-electron chi connectivity index (χ0n) is 13.9. The van der Waals surface area contributed by atoms with Crippen LogP contribution in [-0.4, -0.2) is 47.3 Å². The lowest BCUT2D eigenvalue weighted by Crippen LogP contribution is -2.51. The van der Waals surface area contributed by atoms with E-state index in [1.165, 1.54) is 38.8 Å². The van der Waals surface area contributed by atoms with Gasteiger partial charge in [-0.1, -0.05) is 34.1 Å². The van der Waals surface area contributed by atoms with Crippen molar-refractivity contribution in [2.45, 2.75) is 83.8 Å². The summed E-state index contributed by atoms with van der Waals surface area (Å²) >= 11 is 0. The molecule has 2 fully saturated rings. The number of piperidine rings is 1. The number of likely N-dealkylation sites (tertiary alicyclic amines) is 1. The number of rotatable bonds is 5. The van der Waals surface area contributed by atoms with Gasteiger partial charge in [0, 0.05) is 17.6 Å². The van der Waals surface area contributed by atoms with Gasteiger partial charge in [-0.05, 0) is 50.6 Å². The van der Waals surface area contributed by atoms with Gasteiger partial charge in [0.1, 0.15) is 0 Å². The van der Waals surface area contributed by atoms with Crippen LogP contribution < -0.4 is 5.32 Å². The summed E-state index contributed by atoms with van der Waals surface area (Å²) in [5.74, 6) is 0. The quantitative estimate of drug-likeness (QED) is 0.814. The van der Waals surface area contributed by atoms with E-state index in [9.17, 15) is 5.11 Å². The lowest BCUT2D eigenvalue weighted by atomic mass is 9.78. The first-order valence-electron chi connectivity index (χ1n) is 8.55. The van der Waals surface area contributed by atoms with Crippen LogP contribution in [0.1, 0.15) is 66.2 Å². The van der Waals surface area contributed by atoms with Crippen molar-refractivity contribution in [3.63, 3.8) is 0 Å². The van der Waals surface area contributed by atoms with Crippen LogP contribution in [0.2, 0.25) is 0 Å². The largest absolute Gasteiger partial charge is 0.394 e. The highest BCUT2D eigenvalue weighted by Gasteiger charge is 2.42. The maximum atomic E-state index is 9.82. The molecule has 2 atom stereocenters. The monoisotopic (exact) mass is 282 g/mol. The van der Waals surface area contributed by atoms with Crippen LogP contribution in [0.3, 0.4) is 0 Å². The first-order chi connectivity index (χ1) is 9.42. The third-order valence-electron chi connectivity index (χ3n) is 5.86. The summed E-state index contributed by atoms with van der Waals surface area (Å²) in [7, 11) is 0. The highest BCUT2D eigenvalue weighted by atomic mass is 16.3. The van der Waals surface area contributed by atoms with E-state index >= 15 is 0 Å². The normalized spacial score (nSPS) is 34.8. The zero-order chi connectivity index (χ0) is 14.8. The lowest BCUT2D eigenvalue weighted by Gasteiger charge is -2.42. The Morgan fingerprint density at radius 1 is 1.25 bits per heavy atom. The zero-order valence-corrected chi connectivity index (χ0v) is 13.9. The van der Waals surface area contributed by atoms with Gasteiger partial charge in [-0.15, -0.1) is 0 Å². The summed E-state index contributed by atoms with van der Waals surface area (Å²) < 4.78 is 0. The van der Waals surface area contributed by atoms with Crippen LogP contribution in [0.4, 0.5) is 0 Å². The predicted octanol–water partition coefficient (Wildman–Crippen LogP) is 2.78. The van der Waals surface area contributed by atoms with Crippen molar-refractivity contribution < 1.29 is 5.11 Å². The molecule has 1 saturated heterocycles. The number of hydrogen-bond acceptors (Lipinski definition) is 3. The standard InChI is InChI=1S/C17H34N2O/c1-5-16(4)8-10-19(11-9-16)15-6-7-17(12-15,13-20)18-14(2)3/h14-15,18,20H,5-13H2,1-4H3. The summed E-state index contributed by atoms with van der Waals surface area (Å²) in [6.45, 7) is 11.9. The van der Waals surface area contributed by atoms with Crippen molar-refractivity contribution in [2.24, 2.45) is 5.41 Å². The van der Waals surface area contributed by atoms with E-state index in [2.05, 4.69) is 37.9 Å². The highest BCUT2D eigenvalue weighted by Crippen LogP contribution is 2.39. The molecule has 0 radical (unpaired) electrons. The summed E-state index contributed by atoms with van der Waals surface area (Å²) in [6.07, 6.45) is 7.45. The van der Waals surface area contributed by atoms with E-state index in [0.29, 0.717) is 17.5 Å². The molecule has 0 aromatic heterocycles. The Bertz CT molecular complexity index is 310.